The maximum Gasteiger partial charge on any atom is 0.422 e. The number of carbonyl (C=O) groups is 1. The van der Waals surface area contributed by atoms with Crippen LogP contribution in [0.15, 0.2) is 18.3 Å². The predicted molar refractivity (Wildman–Crippen MR) is 80.0 cm³/mol. The first kappa shape index (κ1) is 18.5. The highest BCUT2D eigenvalue weighted by Gasteiger charge is 2.28. The third kappa shape index (κ3) is 5.97. The summed E-state index contributed by atoms with van der Waals surface area (Å²) in [6.07, 6.45) is -3.23. The van der Waals surface area contributed by atoms with Gasteiger partial charge in [-0.25, -0.2) is 4.98 Å². The second kappa shape index (κ2) is 8.29. The Morgan fingerprint density at radius 1 is 1.42 bits per heavy atom. The van der Waals surface area contributed by atoms with Crippen molar-refractivity contribution < 1.29 is 27.4 Å². The van der Waals surface area contributed by atoms with Crippen LogP contribution in [0.2, 0.25) is 0 Å². The number of rotatable bonds is 6. The van der Waals surface area contributed by atoms with Gasteiger partial charge in [-0.2, -0.15) is 13.2 Å². The van der Waals surface area contributed by atoms with Gasteiger partial charge >= 0.3 is 6.18 Å². The van der Waals surface area contributed by atoms with Gasteiger partial charge in [0.1, 0.15) is 0 Å². The lowest BCUT2D eigenvalue weighted by molar-refractivity contribution is -0.154. The molecule has 1 unspecified atom stereocenters. The van der Waals surface area contributed by atoms with Crippen LogP contribution in [0.5, 0.6) is 5.88 Å². The Hall–Kier alpha value is -1.87. The van der Waals surface area contributed by atoms with Crippen LogP contribution in [0.25, 0.3) is 0 Å². The zero-order chi connectivity index (χ0) is 17.6. The van der Waals surface area contributed by atoms with Crippen molar-refractivity contribution in [1.82, 2.24) is 15.2 Å². The molecule has 0 aliphatic carbocycles. The molecule has 1 saturated heterocycles. The van der Waals surface area contributed by atoms with Crippen LogP contribution in [-0.2, 0) is 4.74 Å². The number of hydrogen-bond acceptors (Lipinski definition) is 5. The van der Waals surface area contributed by atoms with Crippen molar-refractivity contribution in [2.24, 2.45) is 0 Å². The van der Waals surface area contributed by atoms with Crippen molar-refractivity contribution in [2.45, 2.75) is 19.1 Å². The summed E-state index contributed by atoms with van der Waals surface area (Å²) in [5.74, 6) is -0.504. The quantitative estimate of drug-likeness (QED) is 0.844. The highest BCUT2D eigenvalue weighted by atomic mass is 19.4. The maximum absolute atomic E-state index is 12.0. The summed E-state index contributed by atoms with van der Waals surface area (Å²) in [5, 5.41) is 2.79. The Morgan fingerprint density at radius 2 is 2.12 bits per heavy atom. The summed E-state index contributed by atoms with van der Waals surface area (Å²) < 4.78 is 45.9. The number of amides is 1. The molecule has 0 spiro atoms. The molecule has 1 fully saturated rings. The van der Waals surface area contributed by atoms with E-state index in [4.69, 9.17) is 4.74 Å². The van der Waals surface area contributed by atoms with Gasteiger partial charge < -0.3 is 14.8 Å². The van der Waals surface area contributed by atoms with Crippen molar-refractivity contribution in [1.29, 1.82) is 0 Å². The van der Waals surface area contributed by atoms with Gasteiger partial charge in [-0.15, -0.1) is 0 Å². The summed E-state index contributed by atoms with van der Waals surface area (Å²) in [7, 11) is 0. The number of morpholine rings is 1. The van der Waals surface area contributed by atoms with E-state index in [0.29, 0.717) is 19.8 Å². The van der Waals surface area contributed by atoms with Gasteiger partial charge in [-0.05, 0) is 13.0 Å². The second-order valence-corrected chi connectivity index (χ2v) is 5.50. The van der Waals surface area contributed by atoms with Gasteiger partial charge in [-0.1, -0.05) is 0 Å². The Kier molecular flexibility index (Phi) is 6.38. The number of hydrogen-bond donors (Lipinski definition) is 1. The fourth-order valence-corrected chi connectivity index (χ4v) is 2.25. The largest absolute Gasteiger partial charge is 0.468 e. The molecule has 9 heteroatoms. The average molecular weight is 347 g/mol. The SMILES string of the molecule is CC(CNC(=O)c1ccc(OCC(F)(F)F)nc1)N1CCOCC1. The second-order valence-electron chi connectivity index (χ2n) is 5.50. The van der Waals surface area contributed by atoms with Gasteiger partial charge in [0.2, 0.25) is 5.88 Å². The first-order valence-corrected chi connectivity index (χ1v) is 7.61. The van der Waals surface area contributed by atoms with Crippen LogP contribution in [0.1, 0.15) is 17.3 Å². The molecule has 0 saturated carbocycles. The van der Waals surface area contributed by atoms with Crippen LogP contribution in [-0.4, -0.2) is 67.5 Å². The van der Waals surface area contributed by atoms with Gasteiger partial charge in [0.15, 0.2) is 6.61 Å². The Bertz CT molecular complexity index is 531. The van der Waals surface area contributed by atoms with Crippen molar-refractivity contribution in [3.63, 3.8) is 0 Å². The fraction of sp³-hybridized carbons (Fsp3) is 0.600. The standard InChI is InChI=1S/C15H20F3N3O3/c1-11(21-4-6-23-7-5-21)8-20-14(22)12-2-3-13(19-9-12)24-10-15(16,17)18/h2-3,9,11H,4-8,10H2,1H3,(H,20,22). The molecule has 2 heterocycles. The number of halogens is 3. The number of nitrogens with zero attached hydrogens (tertiary/aromatic N) is 2. The number of alkyl halides is 3. The van der Waals surface area contributed by atoms with E-state index in [1.807, 2.05) is 6.92 Å². The molecular formula is C15H20F3N3O3. The molecule has 0 radical (unpaired) electrons. The molecule has 1 aromatic rings. The fourth-order valence-electron chi connectivity index (χ4n) is 2.25. The highest BCUT2D eigenvalue weighted by molar-refractivity contribution is 5.93. The molecule has 134 valence electrons. The molecule has 1 aliphatic rings. The van der Waals surface area contributed by atoms with E-state index in [1.165, 1.54) is 18.3 Å². The predicted octanol–water partition coefficient (Wildman–Crippen LogP) is 1.47. The van der Waals surface area contributed by atoms with E-state index in [9.17, 15) is 18.0 Å². The summed E-state index contributed by atoms with van der Waals surface area (Å²) in [6.45, 7) is 4.07. The van der Waals surface area contributed by atoms with Crippen LogP contribution < -0.4 is 10.1 Å². The summed E-state index contributed by atoms with van der Waals surface area (Å²) in [5.41, 5.74) is 0.267. The van der Waals surface area contributed by atoms with E-state index in [-0.39, 0.29) is 23.4 Å². The third-order valence-electron chi connectivity index (χ3n) is 3.61. The van der Waals surface area contributed by atoms with Crippen LogP contribution in [0.3, 0.4) is 0 Å². The molecule has 1 atom stereocenters. The zero-order valence-corrected chi connectivity index (χ0v) is 13.3. The number of nitrogens with one attached hydrogen (secondary N) is 1. The number of ether oxygens (including phenoxy) is 2. The molecule has 6 nitrogen and oxygen atoms in total. The van der Waals surface area contributed by atoms with Crippen molar-refractivity contribution in [3.8, 4) is 5.88 Å². The van der Waals surface area contributed by atoms with Gasteiger partial charge in [0.05, 0.1) is 18.8 Å². The molecule has 24 heavy (non-hydrogen) atoms. The summed E-state index contributed by atoms with van der Waals surface area (Å²) in [6, 6.07) is 2.79. The normalized spacial score (nSPS) is 17.3. The molecule has 0 aromatic carbocycles. The zero-order valence-electron chi connectivity index (χ0n) is 13.3. The third-order valence-corrected chi connectivity index (χ3v) is 3.61. The molecule has 2 rings (SSSR count). The minimum absolute atomic E-state index is 0.167. The van der Waals surface area contributed by atoms with Crippen molar-refractivity contribution in [3.05, 3.63) is 23.9 Å². The van der Waals surface area contributed by atoms with Crippen molar-refractivity contribution in [2.75, 3.05) is 39.5 Å². The van der Waals surface area contributed by atoms with E-state index in [2.05, 4.69) is 19.9 Å². The topological polar surface area (TPSA) is 63.7 Å². The van der Waals surface area contributed by atoms with Crippen LogP contribution in [0.4, 0.5) is 13.2 Å². The lowest BCUT2D eigenvalue weighted by atomic mass is 10.2. The summed E-state index contributed by atoms with van der Waals surface area (Å²) in [4.78, 5) is 18.0. The first-order valence-electron chi connectivity index (χ1n) is 7.61. The molecule has 1 N–H and O–H groups in total. The summed E-state index contributed by atoms with van der Waals surface area (Å²) >= 11 is 0. The lowest BCUT2D eigenvalue weighted by Gasteiger charge is -2.32. The van der Waals surface area contributed by atoms with E-state index in [1.54, 1.807) is 0 Å². The first-order chi connectivity index (χ1) is 11.3. The minimum atomic E-state index is -4.42. The molecule has 1 aliphatic heterocycles. The smallest absolute Gasteiger partial charge is 0.422 e. The van der Waals surface area contributed by atoms with Crippen molar-refractivity contribution >= 4 is 5.91 Å². The minimum Gasteiger partial charge on any atom is -0.468 e. The Balaban J connectivity index is 1.79. The van der Waals surface area contributed by atoms with Gasteiger partial charge in [0.25, 0.3) is 5.91 Å². The lowest BCUT2D eigenvalue weighted by Crippen LogP contribution is -2.47. The Morgan fingerprint density at radius 3 is 2.71 bits per heavy atom. The molecule has 1 aromatic heterocycles. The molecular weight excluding hydrogens is 327 g/mol. The van der Waals surface area contributed by atoms with E-state index < -0.39 is 12.8 Å². The number of aromatic nitrogens is 1. The highest BCUT2D eigenvalue weighted by Crippen LogP contribution is 2.17. The van der Waals surface area contributed by atoms with E-state index in [0.717, 1.165) is 13.1 Å². The Labute approximate surface area is 137 Å². The number of carbonyl (C=O) groups excluding carboxylic acids is 1. The van der Waals surface area contributed by atoms with Gasteiger partial charge in [-0.3, -0.25) is 9.69 Å². The van der Waals surface area contributed by atoms with Crippen LogP contribution >= 0.6 is 0 Å². The monoisotopic (exact) mass is 347 g/mol. The average Bonchev–Trinajstić information content (AvgIpc) is 2.58. The van der Waals surface area contributed by atoms with Gasteiger partial charge in [0, 0.05) is 37.9 Å². The number of pyridine rings is 1. The molecule has 0 bridgehead atoms. The maximum atomic E-state index is 12.0. The van der Waals surface area contributed by atoms with E-state index >= 15 is 0 Å². The van der Waals surface area contributed by atoms with Crippen LogP contribution in [0, 0.1) is 0 Å². The molecule has 1 amide bonds.